The molecular weight excluding hydrogens is 304 g/mol. The number of nitrogens with zero attached hydrogens (tertiary/aromatic N) is 1. The van der Waals surface area contributed by atoms with Crippen LogP contribution < -0.4 is 5.32 Å². The zero-order valence-corrected chi connectivity index (χ0v) is 13.0. The highest BCUT2D eigenvalue weighted by Crippen LogP contribution is 2.23. The summed E-state index contributed by atoms with van der Waals surface area (Å²) < 4.78 is 0. The Morgan fingerprint density at radius 3 is 2.50 bits per heavy atom. The third kappa shape index (κ3) is 3.82. The highest BCUT2D eigenvalue weighted by molar-refractivity contribution is 7.13. The Kier molecular flexibility index (Phi) is 4.77. The molecule has 1 amide bonds. The van der Waals surface area contributed by atoms with Gasteiger partial charge in [0.1, 0.15) is 15.6 Å². The predicted molar refractivity (Wildman–Crippen MR) is 82.2 cm³/mol. The summed E-state index contributed by atoms with van der Waals surface area (Å²) in [6, 6.07) is 6.04. The number of hydrogen-bond acceptors (Lipinski definition) is 5. The number of aromatic carboxylic acids is 1. The number of carboxylic acid groups (broad SMARTS) is 1. The van der Waals surface area contributed by atoms with Crippen molar-refractivity contribution in [3.05, 3.63) is 45.4 Å². The Labute approximate surface area is 131 Å². The van der Waals surface area contributed by atoms with Crippen LogP contribution in [-0.4, -0.2) is 27.1 Å². The Hall–Kier alpha value is -2.41. The fraction of sp³-hybridized carbons (Fsp3) is 0.267. The molecule has 1 heterocycles. The molecule has 1 aromatic carbocycles. The van der Waals surface area contributed by atoms with Crippen molar-refractivity contribution in [2.24, 2.45) is 0 Å². The van der Waals surface area contributed by atoms with Gasteiger partial charge < -0.3 is 15.5 Å². The molecule has 3 N–H and O–H groups in total. The first kappa shape index (κ1) is 16.0. The van der Waals surface area contributed by atoms with E-state index in [1.165, 1.54) is 12.1 Å². The van der Waals surface area contributed by atoms with Crippen LogP contribution in [0, 0.1) is 6.92 Å². The molecule has 7 heteroatoms. The van der Waals surface area contributed by atoms with E-state index in [-0.39, 0.29) is 29.0 Å². The van der Waals surface area contributed by atoms with E-state index >= 15 is 0 Å². The van der Waals surface area contributed by atoms with Crippen molar-refractivity contribution in [1.82, 2.24) is 10.3 Å². The third-order valence-corrected chi connectivity index (χ3v) is 4.38. The van der Waals surface area contributed by atoms with E-state index < -0.39 is 5.97 Å². The summed E-state index contributed by atoms with van der Waals surface area (Å²) in [7, 11) is 0. The number of phenolic OH excluding ortho intramolecular Hbond substituents is 1. The molecule has 1 unspecified atom stereocenters. The van der Waals surface area contributed by atoms with E-state index in [1.807, 2.05) is 0 Å². The number of hydrogen-bond donors (Lipinski definition) is 3. The van der Waals surface area contributed by atoms with E-state index in [4.69, 9.17) is 5.11 Å². The Bertz CT molecular complexity index is 694. The fourth-order valence-corrected chi connectivity index (χ4v) is 2.86. The van der Waals surface area contributed by atoms with Crippen LogP contribution in [0.15, 0.2) is 24.3 Å². The molecule has 0 saturated heterocycles. The minimum atomic E-state index is -1.01. The number of carbonyl (C=O) groups excluding carboxylic acids is 1. The van der Waals surface area contributed by atoms with E-state index in [9.17, 15) is 14.7 Å². The molecule has 0 fully saturated rings. The van der Waals surface area contributed by atoms with Crippen LogP contribution in [0.5, 0.6) is 5.75 Å². The number of thiazole rings is 1. The Morgan fingerprint density at radius 2 is 1.95 bits per heavy atom. The number of benzene rings is 1. The minimum Gasteiger partial charge on any atom is -0.508 e. The number of aryl methyl sites for hydroxylation is 1. The maximum Gasteiger partial charge on any atom is 0.347 e. The quantitative estimate of drug-likeness (QED) is 0.785. The van der Waals surface area contributed by atoms with Crippen molar-refractivity contribution < 1.29 is 19.8 Å². The molecule has 1 atom stereocenters. The van der Waals surface area contributed by atoms with Crippen LogP contribution in [0.1, 0.15) is 38.9 Å². The average Bonchev–Trinajstić information content (AvgIpc) is 2.83. The molecule has 2 aromatic rings. The number of phenols is 1. The maximum atomic E-state index is 12.0. The van der Waals surface area contributed by atoms with Crippen molar-refractivity contribution in [1.29, 1.82) is 0 Å². The molecule has 116 valence electrons. The van der Waals surface area contributed by atoms with Crippen molar-refractivity contribution in [3.8, 4) is 5.75 Å². The van der Waals surface area contributed by atoms with Gasteiger partial charge in [-0.25, -0.2) is 9.78 Å². The lowest BCUT2D eigenvalue weighted by Gasteiger charge is -2.11. The van der Waals surface area contributed by atoms with Gasteiger partial charge in [-0.1, -0.05) is 12.1 Å². The summed E-state index contributed by atoms with van der Waals surface area (Å²) in [4.78, 5) is 27.4. The first-order valence-corrected chi connectivity index (χ1v) is 7.46. The molecule has 0 aliphatic heterocycles. The summed E-state index contributed by atoms with van der Waals surface area (Å²) in [6.45, 7) is 3.40. The molecule has 0 spiro atoms. The van der Waals surface area contributed by atoms with Gasteiger partial charge >= 0.3 is 5.97 Å². The summed E-state index contributed by atoms with van der Waals surface area (Å²) in [5.41, 5.74) is 1.23. The standard InChI is InChI=1S/C15H16N2O4S/c1-8-13(15(20)21)22-14(17-8)9(2)16-12(19)7-10-3-5-11(18)6-4-10/h3-6,9,18H,7H2,1-2H3,(H,16,19)(H,20,21). The molecule has 0 saturated carbocycles. The van der Waals surface area contributed by atoms with Gasteiger partial charge in [-0.05, 0) is 31.5 Å². The smallest absolute Gasteiger partial charge is 0.347 e. The van der Waals surface area contributed by atoms with Crippen LogP contribution in [0.3, 0.4) is 0 Å². The monoisotopic (exact) mass is 320 g/mol. The van der Waals surface area contributed by atoms with Crippen molar-refractivity contribution in [2.75, 3.05) is 0 Å². The van der Waals surface area contributed by atoms with E-state index in [1.54, 1.807) is 26.0 Å². The zero-order valence-electron chi connectivity index (χ0n) is 12.2. The second-order valence-corrected chi connectivity index (χ2v) is 5.93. The van der Waals surface area contributed by atoms with E-state index in [2.05, 4.69) is 10.3 Å². The lowest BCUT2D eigenvalue weighted by atomic mass is 10.1. The number of aromatic nitrogens is 1. The zero-order chi connectivity index (χ0) is 16.3. The highest BCUT2D eigenvalue weighted by atomic mass is 32.1. The highest BCUT2D eigenvalue weighted by Gasteiger charge is 2.19. The first-order chi connectivity index (χ1) is 10.4. The van der Waals surface area contributed by atoms with Gasteiger partial charge in [0.25, 0.3) is 0 Å². The molecular formula is C15H16N2O4S. The fourth-order valence-electron chi connectivity index (χ4n) is 1.95. The van der Waals surface area contributed by atoms with Crippen LogP contribution in [0.2, 0.25) is 0 Å². The van der Waals surface area contributed by atoms with Gasteiger partial charge in [0.2, 0.25) is 5.91 Å². The van der Waals surface area contributed by atoms with Crippen LogP contribution in [-0.2, 0) is 11.2 Å². The lowest BCUT2D eigenvalue weighted by molar-refractivity contribution is -0.121. The molecule has 0 aliphatic carbocycles. The number of amides is 1. The summed E-state index contributed by atoms with van der Waals surface area (Å²) >= 11 is 1.07. The average molecular weight is 320 g/mol. The van der Waals surface area contributed by atoms with Gasteiger partial charge in [-0.3, -0.25) is 4.79 Å². The number of nitrogens with one attached hydrogen (secondary N) is 1. The maximum absolute atomic E-state index is 12.0. The molecule has 2 rings (SSSR count). The second-order valence-electron chi connectivity index (χ2n) is 4.90. The Balaban J connectivity index is 2.00. The van der Waals surface area contributed by atoms with Crippen LogP contribution >= 0.6 is 11.3 Å². The predicted octanol–water partition coefficient (Wildman–Crippen LogP) is 2.28. The van der Waals surface area contributed by atoms with Gasteiger partial charge in [-0.15, -0.1) is 11.3 Å². The van der Waals surface area contributed by atoms with Crippen molar-refractivity contribution in [2.45, 2.75) is 26.3 Å². The summed E-state index contributed by atoms with van der Waals surface area (Å²) in [6.07, 6.45) is 0.181. The van der Waals surface area contributed by atoms with Crippen LogP contribution in [0.25, 0.3) is 0 Å². The molecule has 0 aliphatic rings. The van der Waals surface area contributed by atoms with E-state index in [0.717, 1.165) is 16.9 Å². The van der Waals surface area contributed by atoms with E-state index in [0.29, 0.717) is 10.7 Å². The van der Waals surface area contributed by atoms with Crippen LogP contribution in [0.4, 0.5) is 0 Å². The number of rotatable bonds is 5. The summed E-state index contributed by atoms with van der Waals surface area (Å²) in [5.74, 6) is -1.05. The van der Waals surface area contributed by atoms with Gasteiger partial charge in [-0.2, -0.15) is 0 Å². The molecule has 0 radical (unpaired) electrons. The molecule has 6 nitrogen and oxygen atoms in total. The summed E-state index contributed by atoms with van der Waals surface area (Å²) in [5, 5.41) is 21.6. The second kappa shape index (κ2) is 6.57. The SMILES string of the molecule is Cc1nc(C(C)NC(=O)Cc2ccc(O)cc2)sc1C(=O)O. The van der Waals surface area contributed by atoms with Gasteiger partial charge in [0.15, 0.2) is 0 Å². The number of aromatic hydroxyl groups is 1. The van der Waals surface area contributed by atoms with Crippen molar-refractivity contribution in [3.63, 3.8) is 0 Å². The first-order valence-electron chi connectivity index (χ1n) is 6.64. The number of carboxylic acids is 1. The van der Waals surface area contributed by atoms with Gasteiger partial charge in [0.05, 0.1) is 18.2 Å². The largest absolute Gasteiger partial charge is 0.508 e. The van der Waals surface area contributed by atoms with Crippen molar-refractivity contribution >= 4 is 23.2 Å². The topological polar surface area (TPSA) is 99.5 Å². The van der Waals surface area contributed by atoms with Gasteiger partial charge in [0, 0.05) is 0 Å². The molecule has 22 heavy (non-hydrogen) atoms. The number of carbonyl (C=O) groups is 2. The molecule has 0 bridgehead atoms. The lowest BCUT2D eigenvalue weighted by Crippen LogP contribution is -2.28. The minimum absolute atomic E-state index is 0.150. The normalized spacial score (nSPS) is 11.9. The Morgan fingerprint density at radius 1 is 1.32 bits per heavy atom. The molecule has 1 aromatic heterocycles. The third-order valence-electron chi connectivity index (χ3n) is 3.06.